The number of carbonyl (C=O) groups is 1. The Balaban J connectivity index is 1.39. The molecular weight excluding hydrogens is 404 g/mol. The first-order valence-corrected chi connectivity index (χ1v) is 11.1. The molecule has 5 rings (SSSR count). The highest BCUT2D eigenvalue weighted by Gasteiger charge is 2.28. The van der Waals surface area contributed by atoms with Crippen LogP contribution < -0.4 is 4.90 Å². The van der Waals surface area contributed by atoms with Gasteiger partial charge >= 0.3 is 6.09 Å². The normalized spacial score (nSPS) is 16.4. The highest BCUT2D eigenvalue weighted by atomic mass is 16.6. The van der Waals surface area contributed by atoms with Gasteiger partial charge in [0.15, 0.2) is 5.69 Å². The molecular formula is C24H26N6O2. The third-order valence-electron chi connectivity index (χ3n) is 6.28. The summed E-state index contributed by atoms with van der Waals surface area (Å²) in [4.78, 5) is 29.0. The first kappa shape index (κ1) is 20.3. The first-order valence-electron chi connectivity index (χ1n) is 11.1. The number of amides is 1. The van der Waals surface area contributed by atoms with Crippen molar-refractivity contribution in [2.75, 3.05) is 24.5 Å². The summed E-state index contributed by atoms with van der Waals surface area (Å²) in [5.41, 5.74) is 3.89. The first-order chi connectivity index (χ1) is 15.5. The van der Waals surface area contributed by atoms with Gasteiger partial charge in [0.1, 0.15) is 17.8 Å². The van der Waals surface area contributed by atoms with Gasteiger partial charge in [-0.1, -0.05) is 12.1 Å². The fraction of sp³-hybridized carbons (Fsp3) is 0.417. The number of nitrogens with zero attached hydrogens (tertiary/aromatic N) is 6. The SMILES string of the molecule is [C-]#[N+]c1ccc2c(c1)CCN2c1ncnc2c1ccn2C1CCN(C(=O)OC(C)C)CC1. The van der Waals surface area contributed by atoms with Gasteiger partial charge in [-0.15, -0.1) is 0 Å². The Kier molecular flexibility index (Phi) is 5.17. The summed E-state index contributed by atoms with van der Waals surface area (Å²) in [5, 5.41) is 1.02. The van der Waals surface area contributed by atoms with Crippen LogP contribution in [0.3, 0.4) is 0 Å². The maximum Gasteiger partial charge on any atom is 0.410 e. The topological polar surface area (TPSA) is 67.9 Å². The second-order valence-corrected chi connectivity index (χ2v) is 8.63. The molecule has 2 aliphatic rings. The lowest BCUT2D eigenvalue weighted by Crippen LogP contribution is -2.40. The quantitative estimate of drug-likeness (QED) is 0.555. The van der Waals surface area contributed by atoms with Crippen LogP contribution in [0, 0.1) is 6.57 Å². The van der Waals surface area contributed by atoms with Gasteiger partial charge in [-0.2, -0.15) is 0 Å². The van der Waals surface area contributed by atoms with E-state index in [1.165, 1.54) is 5.56 Å². The second kappa shape index (κ2) is 8.15. The van der Waals surface area contributed by atoms with E-state index in [9.17, 15) is 4.79 Å². The van der Waals surface area contributed by atoms with Crippen LogP contribution in [0.25, 0.3) is 15.9 Å². The Bertz CT molecular complexity index is 1200. The highest BCUT2D eigenvalue weighted by molar-refractivity contribution is 5.91. The minimum Gasteiger partial charge on any atom is -0.447 e. The summed E-state index contributed by atoms with van der Waals surface area (Å²) >= 11 is 0. The van der Waals surface area contributed by atoms with E-state index in [-0.39, 0.29) is 18.2 Å². The Morgan fingerprint density at radius 3 is 2.75 bits per heavy atom. The number of hydrogen-bond donors (Lipinski definition) is 0. The zero-order valence-corrected chi connectivity index (χ0v) is 18.4. The van der Waals surface area contributed by atoms with Crippen molar-refractivity contribution in [1.82, 2.24) is 19.4 Å². The van der Waals surface area contributed by atoms with E-state index in [1.54, 1.807) is 11.2 Å². The standard InChI is InChI=1S/C24H26N6O2/c1-16(2)32-24(31)28-10-7-19(8-11-28)29-13-9-20-22(29)26-15-27-23(20)30-12-6-17-14-18(25-3)4-5-21(17)30/h4-5,9,13-16,19H,6-8,10-12H2,1-2H3. The second-order valence-electron chi connectivity index (χ2n) is 8.63. The maximum atomic E-state index is 12.2. The van der Waals surface area contributed by atoms with Gasteiger partial charge in [0.05, 0.1) is 18.1 Å². The minimum atomic E-state index is -0.227. The van der Waals surface area contributed by atoms with E-state index in [1.807, 2.05) is 32.0 Å². The Morgan fingerprint density at radius 1 is 1.19 bits per heavy atom. The molecule has 8 nitrogen and oxygen atoms in total. The molecule has 32 heavy (non-hydrogen) atoms. The average molecular weight is 431 g/mol. The van der Waals surface area contributed by atoms with Crippen LogP contribution in [0.4, 0.5) is 22.0 Å². The van der Waals surface area contributed by atoms with Crippen LogP contribution in [0.5, 0.6) is 0 Å². The molecule has 0 spiro atoms. The number of ether oxygens (including phenoxy) is 1. The number of fused-ring (bicyclic) bond motifs is 2. The van der Waals surface area contributed by atoms with E-state index in [4.69, 9.17) is 11.3 Å². The van der Waals surface area contributed by atoms with Crippen molar-refractivity contribution in [2.24, 2.45) is 0 Å². The predicted octanol–water partition coefficient (Wildman–Crippen LogP) is 4.86. The molecule has 1 saturated heterocycles. The monoisotopic (exact) mass is 430 g/mol. The predicted molar refractivity (Wildman–Crippen MR) is 122 cm³/mol. The number of rotatable bonds is 3. The molecule has 1 amide bonds. The van der Waals surface area contributed by atoms with Crippen LogP contribution in [-0.2, 0) is 11.2 Å². The Labute approximate surface area is 187 Å². The number of aromatic nitrogens is 3. The Hall–Kier alpha value is -3.60. The van der Waals surface area contributed by atoms with E-state index < -0.39 is 0 Å². The van der Waals surface area contributed by atoms with Crippen molar-refractivity contribution in [1.29, 1.82) is 0 Å². The van der Waals surface area contributed by atoms with Crippen LogP contribution in [0.15, 0.2) is 36.8 Å². The van der Waals surface area contributed by atoms with E-state index in [0.29, 0.717) is 18.8 Å². The number of benzene rings is 1. The molecule has 3 aromatic rings. The van der Waals surface area contributed by atoms with E-state index >= 15 is 0 Å². The number of likely N-dealkylation sites (tertiary alicyclic amines) is 1. The van der Waals surface area contributed by atoms with Gasteiger partial charge < -0.3 is 19.1 Å². The van der Waals surface area contributed by atoms with Crippen molar-refractivity contribution < 1.29 is 9.53 Å². The number of piperidine rings is 1. The minimum absolute atomic E-state index is 0.104. The van der Waals surface area contributed by atoms with Gasteiger partial charge in [0.25, 0.3) is 0 Å². The number of hydrogen-bond acceptors (Lipinski definition) is 5. The zero-order valence-electron chi connectivity index (χ0n) is 18.4. The highest BCUT2D eigenvalue weighted by Crippen LogP contribution is 2.39. The molecule has 164 valence electrons. The molecule has 0 unspecified atom stereocenters. The summed E-state index contributed by atoms with van der Waals surface area (Å²) < 4.78 is 7.57. The van der Waals surface area contributed by atoms with Gasteiger partial charge in [0.2, 0.25) is 0 Å². The van der Waals surface area contributed by atoms with E-state index in [2.05, 4.69) is 36.5 Å². The van der Waals surface area contributed by atoms with Gasteiger partial charge in [-0.3, -0.25) is 0 Å². The summed E-state index contributed by atoms with van der Waals surface area (Å²) in [7, 11) is 0. The molecule has 1 aromatic carbocycles. The van der Waals surface area contributed by atoms with Crippen molar-refractivity contribution in [3.8, 4) is 0 Å². The zero-order chi connectivity index (χ0) is 22.2. The third-order valence-corrected chi connectivity index (χ3v) is 6.28. The molecule has 0 atom stereocenters. The fourth-order valence-electron chi connectivity index (χ4n) is 4.75. The summed E-state index contributed by atoms with van der Waals surface area (Å²) in [5.74, 6) is 0.904. The number of anilines is 2. The smallest absolute Gasteiger partial charge is 0.410 e. The summed E-state index contributed by atoms with van der Waals surface area (Å²) in [6.07, 6.45) is 6.02. The van der Waals surface area contributed by atoms with Crippen molar-refractivity contribution >= 4 is 34.3 Å². The van der Waals surface area contributed by atoms with Crippen molar-refractivity contribution in [2.45, 2.75) is 45.3 Å². The Morgan fingerprint density at radius 2 is 2.00 bits per heavy atom. The molecule has 4 heterocycles. The fourth-order valence-corrected chi connectivity index (χ4v) is 4.75. The maximum absolute atomic E-state index is 12.2. The van der Waals surface area contributed by atoms with Gasteiger partial charge in [-0.25, -0.2) is 19.6 Å². The van der Waals surface area contributed by atoms with Crippen molar-refractivity contribution in [3.63, 3.8) is 0 Å². The van der Waals surface area contributed by atoms with E-state index in [0.717, 1.165) is 48.3 Å². The molecule has 0 radical (unpaired) electrons. The summed E-state index contributed by atoms with van der Waals surface area (Å²) in [6.45, 7) is 13.2. The van der Waals surface area contributed by atoms with Crippen LogP contribution in [0.2, 0.25) is 0 Å². The lowest BCUT2D eigenvalue weighted by Gasteiger charge is -2.32. The lowest BCUT2D eigenvalue weighted by atomic mass is 10.1. The molecule has 0 bridgehead atoms. The average Bonchev–Trinajstić information content (AvgIpc) is 3.42. The van der Waals surface area contributed by atoms with Crippen LogP contribution in [-0.4, -0.2) is 51.3 Å². The lowest BCUT2D eigenvalue weighted by molar-refractivity contribution is 0.0663. The molecule has 0 saturated carbocycles. The molecule has 2 aliphatic heterocycles. The van der Waals surface area contributed by atoms with Crippen LogP contribution >= 0.6 is 0 Å². The molecule has 1 fully saturated rings. The summed E-state index contributed by atoms with van der Waals surface area (Å²) in [6, 6.07) is 8.24. The molecule has 0 N–H and O–H groups in total. The van der Waals surface area contributed by atoms with Crippen molar-refractivity contribution in [3.05, 3.63) is 53.8 Å². The molecule has 2 aromatic heterocycles. The van der Waals surface area contributed by atoms with Gasteiger partial charge in [0, 0.05) is 37.6 Å². The molecule has 8 heteroatoms. The number of carbonyl (C=O) groups excluding carboxylic acids is 1. The largest absolute Gasteiger partial charge is 0.447 e. The van der Waals surface area contributed by atoms with Crippen LogP contribution in [0.1, 0.15) is 38.3 Å². The third kappa shape index (κ3) is 3.54. The molecule has 0 aliphatic carbocycles. The van der Waals surface area contributed by atoms with Gasteiger partial charge in [-0.05, 0) is 50.8 Å².